The van der Waals surface area contributed by atoms with Crippen molar-refractivity contribution in [2.75, 3.05) is 44.1 Å². The van der Waals surface area contributed by atoms with Crippen molar-refractivity contribution in [3.63, 3.8) is 0 Å². The minimum Gasteiger partial charge on any atom is -0.490 e. The van der Waals surface area contributed by atoms with Gasteiger partial charge in [-0.1, -0.05) is 6.92 Å². The quantitative estimate of drug-likeness (QED) is 0.859. The molecule has 1 aliphatic heterocycles. The highest BCUT2D eigenvalue weighted by molar-refractivity contribution is 5.64. The SMILES string of the molecule is CCCNc1ncnc(N(C)C2CCOCC2)c1OC. The molecule has 1 aromatic heterocycles. The molecule has 0 unspecified atom stereocenters. The number of nitrogens with zero attached hydrogens (tertiary/aromatic N) is 3. The summed E-state index contributed by atoms with van der Waals surface area (Å²) in [5.41, 5.74) is 0. The number of hydrogen-bond donors (Lipinski definition) is 1. The van der Waals surface area contributed by atoms with Crippen LogP contribution >= 0.6 is 0 Å². The smallest absolute Gasteiger partial charge is 0.204 e. The molecule has 1 aliphatic rings. The van der Waals surface area contributed by atoms with Crippen molar-refractivity contribution in [1.29, 1.82) is 0 Å². The minimum absolute atomic E-state index is 0.437. The van der Waals surface area contributed by atoms with Crippen molar-refractivity contribution < 1.29 is 9.47 Å². The van der Waals surface area contributed by atoms with Crippen molar-refractivity contribution >= 4 is 11.6 Å². The van der Waals surface area contributed by atoms with Crippen LogP contribution in [0.4, 0.5) is 11.6 Å². The Hall–Kier alpha value is -1.56. The fourth-order valence-electron chi connectivity index (χ4n) is 2.42. The van der Waals surface area contributed by atoms with Crippen LogP contribution in [0.25, 0.3) is 0 Å². The molecule has 6 nitrogen and oxygen atoms in total. The monoisotopic (exact) mass is 280 g/mol. The molecular weight excluding hydrogens is 256 g/mol. The summed E-state index contributed by atoms with van der Waals surface area (Å²) in [6.45, 7) is 4.61. The van der Waals surface area contributed by atoms with Gasteiger partial charge in [0, 0.05) is 32.8 Å². The highest BCUT2D eigenvalue weighted by Gasteiger charge is 2.23. The minimum atomic E-state index is 0.437. The molecule has 0 bridgehead atoms. The Morgan fingerprint density at radius 3 is 2.80 bits per heavy atom. The summed E-state index contributed by atoms with van der Waals surface area (Å²) in [4.78, 5) is 10.9. The van der Waals surface area contributed by atoms with Crippen LogP contribution in [0, 0.1) is 0 Å². The van der Waals surface area contributed by atoms with Gasteiger partial charge in [-0.25, -0.2) is 9.97 Å². The van der Waals surface area contributed by atoms with Gasteiger partial charge in [0.15, 0.2) is 11.6 Å². The molecule has 0 atom stereocenters. The molecule has 2 heterocycles. The van der Waals surface area contributed by atoms with E-state index in [4.69, 9.17) is 9.47 Å². The zero-order chi connectivity index (χ0) is 14.4. The Kier molecular flexibility index (Phi) is 5.40. The summed E-state index contributed by atoms with van der Waals surface area (Å²) in [5, 5.41) is 3.28. The fraction of sp³-hybridized carbons (Fsp3) is 0.714. The first-order chi connectivity index (χ1) is 9.77. The summed E-state index contributed by atoms with van der Waals surface area (Å²) < 4.78 is 10.9. The molecule has 0 aromatic carbocycles. The lowest BCUT2D eigenvalue weighted by atomic mass is 10.1. The van der Waals surface area contributed by atoms with Gasteiger partial charge in [0.1, 0.15) is 6.33 Å². The number of ether oxygens (including phenoxy) is 2. The summed E-state index contributed by atoms with van der Waals surface area (Å²) in [7, 11) is 3.72. The van der Waals surface area contributed by atoms with Gasteiger partial charge in [-0.15, -0.1) is 0 Å². The Morgan fingerprint density at radius 1 is 1.40 bits per heavy atom. The van der Waals surface area contributed by atoms with Gasteiger partial charge < -0.3 is 19.7 Å². The molecule has 0 aliphatic carbocycles. The first-order valence-corrected chi connectivity index (χ1v) is 7.21. The van der Waals surface area contributed by atoms with Gasteiger partial charge in [0.05, 0.1) is 7.11 Å². The highest BCUT2D eigenvalue weighted by Crippen LogP contribution is 2.33. The number of anilines is 2. The summed E-state index contributed by atoms with van der Waals surface area (Å²) >= 11 is 0. The third-order valence-electron chi connectivity index (χ3n) is 3.60. The predicted molar refractivity (Wildman–Crippen MR) is 79.6 cm³/mol. The van der Waals surface area contributed by atoms with Crippen molar-refractivity contribution in [2.45, 2.75) is 32.2 Å². The van der Waals surface area contributed by atoms with Crippen molar-refractivity contribution in [2.24, 2.45) is 0 Å². The van der Waals surface area contributed by atoms with E-state index < -0.39 is 0 Å². The van der Waals surface area contributed by atoms with Crippen LogP contribution in [0.3, 0.4) is 0 Å². The van der Waals surface area contributed by atoms with Gasteiger partial charge in [-0.3, -0.25) is 0 Å². The van der Waals surface area contributed by atoms with E-state index in [1.54, 1.807) is 13.4 Å². The van der Waals surface area contributed by atoms with E-state index in [0.29, 0.717) is 6.04 Å². The predicted octanol–water partition coefficient (Wildman–Crippen LogP) is 1.92. The van der Waals surface area contributed by atoms with E-state index in [9.17, 15) is 0 Å². The maximum absolute atomic E-state index is 5.53. The molecule has 1 saturated heterocycles. The molecule has 112 valence electrons. The van der Waals surface area contributed by atoms with E-state index in [1.165, 1.54) is 0 Å². The zero-order valence-corrected chi connectivity index (χ0v) is 12.6. The van der Waals surface area contributed by atoms with Crippen LogP contribution in [0.1, 0.15) is 26.2 Å². The Balaban J connectivity index is 2.20. The molecule has 2 rings (SSSR count). The van der Waals surface area contributed by atoms with E-state index in [-0.39, 0.29) is 0 Å². The van der Waals surface area contributed by atoms with Crippen LogP contribution in [-0.4, -0.2) is 49.9 Å². The van der Waals surface area contributed by atoms with Crippen LogP contribution in [0.2, 0.25) is 0 Å². The van der Waals surface area contributed by atoms with E-state index in [0.717, 1.165) is 56.4 Å². The van der Waals surface area contributed by atoms with Crippen molar-refractivity contribution in [3.05, 3.63) is 6.33 Å². The number of nitrogens with one attached hydrogen (secondary N) is 1. The average Bonchev–Trinajstić information content (AvgIpc) is 2.52. The largest absolute Gasteiger partial charge is 0.490 e. The third kappa shape index (κ3) is 3.30. The van der Waals surface area contributed by atoms with E-state index in [2.05, 4.69) is 34.2 Å². The highest BCUT2D eigenvalue weighted by atomic mass is 16.5. The maximum Gasteiger partial charge on any atom is 0.204 e. The van der Waals surface area contributed by atoms with Crippen molar-refractivity contribution in [1.82, 2.24) is 9.97 Å². The number of aromatic nitrogens is 2. The second kappa shape index (κ2) is 7.28. The first kappa shape index (κ1) is 14.8. The van der Waals surface area contributed by atoms with Gasteiger partial charge in [0.2, 0.25) is 5.75 Å². The normalized spacial score (nSPS) is 15.9. The number of methoxy groups -OCH3 is 1. The fourth-order valence-corrected chi connectivity index (χ4v) is 2.42. The lowest BCUT2D eigenvalue weighted by molar-refractivity contribution is 0.0852. The maximum atomic E-state index is 5.53. The summed E-state index contributed by atoms with van der Waals surface area (Å²) in [5.74, 6) is 2.32. The molecular formula is C14H24N4O2. The Bertz CT molecular complexity index is 422. The second-order valence-electron chi connectivity index (χ2n) is 4.96. The third-order valence-corrected chi connectivity index (χ3v) is 3.60. The molecule has 0 spiro atoms. The molecule has 0 saturated carbocycles. The lowest BCUT2D eigenvalue weighted by Crippen LogP contribution is -2.37. The van der Waals surface area contributed by atoms with Crippen LogP contribution in [0.5, 0.6) is 5.75 Å². The topological polar surface area (TPSA) is 59.5 Å². The molecule has 1 fully saturated rings. The Labute approximate surface area is 120 Å². The molecule has 1 N–H and O–H groups in total. The molecule has 6 heteroatoms. The zero-order valence-electron chi connectivity index (χ0n) is 12.6. The van der Waals surface area contributed by atoms with E-state index >= 15 is 0 Å². The second-order valence-corrected chi connectivity index (χ2v) is 4.96. The average molecular weight is 280 g/mol. The van der Waals surface area contributed by atoms with Crippen LogP contribution in [0.15, 0.2) is 6.33 Å². The molecule has 20 heavy (non-hydrogen) atoms. The number of hydrogen-bond acceptors (Lipinski definition) is 6. The molecule has 0 amide bonds. The Morgan fingerprint density at radius 2 is 2.15 bits per heavy atom. The van der Waals surface area contributed by atoms with Gasteiger partial charge in [-0.2, -0.15) is 0 Å². The number of rotatable bonds is 6. The lowest BCUT2D eigenvalue weighted by Gasteiger charge is -2.32. The molecule has 0 radical (unpaired) electrons. The first-order valence-electron chi connectivity index (χ1n) is 7.21. The molecule has 1 aromatic rings. The summed E-state index contributed by atoms with van der Waals surface area (Å²) in [6.07, 6.45) is 4.66. The standard InChI is InChI=1S/C14H24N4O2/c1-4-7-15-13-12(19-3)14(17-10-16-13)18(2)11-5-8-20-9-6-11/h10-11H,4-9H2,1-3H3,(H,15,16,17). The van der Waals surface area contributed by atoms with E-state index in [1.807, 2.05) is 0 Å². The van der Waals surface area contributed by atoms with Gasteiger partial charge >= 0.3 is 0 Å². The summed E-state index contributed by atoms with van der Waals surface area (Å²) in [6, 6.07) is 0.437. The van der Waals surface area contributed by atoms with Crippen molar-refractivity contribution in [3.8, 4) is 5.75 Å². The van der Waals surface area contributed by atoms with Crippen LogP contribution < -0.4 is 15.0 Å². The van der Waals surface area contributed by atoms with Gasteiger partial charge in [-0.05, 0) is 19.3 Å². The van der Waals surface area contributed by atoms with Crippen LogP contribution in [-0.2, 0) is 4.74 Å². The van der Waals surface area contributed by atoms with Gasteiger partial charge in [0.25, 0.3) is 0 Å².